The van der Waals surface area contributed by atoms with Crippen LogP contribution in [0.2, 0.25) is 0 Å². The molecule has 4 aromatic heterocycles. The number of aromatic nitrogens is 5. The molecule has 4 heterocycles. The largest absolute Gasteiger partial charge is 0.495 e. The first-order valence-electron chi connectivity index (χ1n) is 10.7. The Morgan fingerprint density at radius 3 is 2.78 bits per heavy atom. The Morgan fingerprint density at radius 2 is 2.03 bits per heavy atom. The van der Waals surface area contributed by atoms with Crippen molar-refractivity contribution in [3.05, 3.63) is 54.1 Å². The van der Waals surface area contributed by atoms with Crippen LogP contribution in [0, 0.1) is 6.92 Å². The van der Waals surface area contributed by atoms with Crippen LogP contribution in [0.1, 0.15) is 38.1 Å². The standard InChI is InChI=1S/C24H28N6O2/c1-6-32-24-20(8-7-9-26-24)21-10-17(12-27-18-11-19(31-5)14-25-13-18)23-22(28-21)16(4)29-30(23)15(2)3/h7-11,13-15,27H,6,12H2,1-5H3. The summed E-state index contributed by atoms with van der Waals surface area (Å²) >= 11 is 0. The normalized spacial score (nSPS) is 11.2. The quantitative estimate of drug-likeness (QED) is 0.428. The van der Waals surface area contributed by atoms with Crippen molar-refractivity contribution in [1.82, 2.24) is 24.7 Å². The second kappa shape index (κ2) is 9.21. The predicted molar refractivity (Wildman–Crippen MR) is 125 cm³/mol. The monoisotopic (exact) mass is 432 g/mol. The van der Waals surface area contributed by atoms with Crippen molar-refractivity contribution in [1.29, 1.82) is 0 Å². The average Bonchev–Trinajstić information content (AvgIpc) is 3.15. The Bertz CT molecular complexity index is 1230. The van der Waals surface area contributed by atoms with Crippen molar-refractivity contribution in [2.45, 2.75) is 40.3 Å². The highest BCUT2D eigenvalue weighted by molar-refractivity contribution is 5.85. The first kappa shape index (κ1) is 21.5. The number of hydrogen-bond donors (Lipinski definition) is 1. The molecule has 8 heteroatoms. The zero-order valence-electron chi connectivity index (χ0n) is 19.1. The van der Waals surface area contributed by atoms with E-state index in [0.29, 0.717) is 24.8 Å². The molecule has 0 aromatic carbocycles. The molecule has 0 bridgehead atoms. The third-order valence-corrected chi connectivity index (χ3v) is 5.15. The summed E-state index contributed by atoms with van der Waals surface area (Å²) in [6.45, 7) is 9.29. The lowest BCUT2D eigenvalue weighted by atomic mass is 10.1. The lowest BCUT2D eigenvalue weighted by Crippen LogP contribution is -2.08. The molecule has 32 heavy (non-hydrogen) atoms. The van der Waals surface area contributed by atoms with Crippen molar-refractivity contribution in [2.75, 3.05) is 19.0 Å². The molecule has 0 atom stereocenters. The van der Waals surface area contributed by atoms with Crippen molar-refractivity contribution < 1.29 is 9.47 Å². The molecule has 0 saturated carbocycles. The number of aryl methyl sites for hydroxylation is 1. The van der Waals surface area contributed by atoms with Gasteiger partial charge in [-0.15, -0.1) is 0 Å². The SMILES string of the molecule is CCOc1ncccc1-c1cc(CNc2cncc(OC)c2)c2c(n1)c(C)nn2C(C)C. The van der Waals surface area contributed by atoms with Gasteiger partial charge in [0.2, 0.25) is 5.88 Å². The summed E-state index contributed by atoms with van der Waals surface area (Å²) in [4.78, 5) is 13.6. The highest BCUT2D eigenvalue weighted by Gasteiger charge is 2.19. The fraction of sp³-hybridized carbons (Fsp3) is 0.333. The molecular formula is C24H28N6O2. The number of rotatable bonds is 8. The van der Waals surface area contributed by atoms with Crippen LogP contribution in [0.3, 0.4) is 0 Å². The number of nitrogens with zero attached hydrogens (tertiary/aromatic N) is 5. The van der Waals surface area contributed by atoms with Crippen LogP contribution < -0.4 is 14.8 Å². The molecule has 0 aliphatic rings. The Morgan fingerprint density at radius 1 is 1.19 bits per heavy atom. The van der Waals surface area contributed by atoms with Crippen molar-refractivity contribution >= 4 is 16.7 Å². The predicted octanol–water partition coefficient (Wildman–Crippen LogP) is 4.80. The van der Waals surface area contributed by atoms with Crippen molar-refractivity contribution in [3.63, 3.8) is 0 Å². The number of ether oxygens (including phenoxy) is 2. The number of anilines is 1. The van der Waals surface area contributed by atoms with Gasteiger partial charge in [-0.3, -0.25) is 9.67 Å². The molecule has 166 valence electrons. The topological polar surface area (TPSA) is 87.0 Å². The number of methoxy groups -OCH3 is 1. The maximum absolute atomic E-state index is 5.76. The Labute approximate surface area is 187 Å². The van der Waals surface area contributed by atoms with Crippen LogP contribution in [0.15, 0.2) is 42.9 Å². The van der Waals surface area contributed by atoms with Crippen LogP contribution in [-0.4, -0.2) is 38.4 Å². The minimum absolute atomic E-state index is 0.202. The fourth-order valence-electron chi connectivity index (χ4n) is 3.67. The summed E-state index contributed by atoms with van der Waals surface area (Å²) in [7, 11) is 1.63. The molecule has 0 spiro atoms. The smallest absolute Gasteiger partial charge is 0.222 e. The molecule has 0 fully saturated rings. The van der Waals surface area contributed by atoms with E-state index >= 15 is 0 Å². The number of nitrogens with one attached hydrogen (secondary N) is 1. The fourth-order valence-corrected chi connectivity index (χ4v) is 3.67. The second-order valence-electron chi connectivity index (χ2n) is 7.74. The maximum Gasteiger partial charge on any atom is 0.222 e. The van der Waals surface area contributed by atoms with E-state index in [1.54, 1.807) is 25.7 Å². The average molecular weight is 433 g/mol. The molecule has 0 unspecified atom stereocenters. The van der Waals surface area contributed by atoms with Crippen LogP contribution in [-0.2, 0) is 6.54 Å². The van der Waals surface area contributed by atoms with Gasteiger partial charge in [0.15, 0.2) is 0 Å². The second-order valence-corrected chi connectivity index (χ2v) is 7.74. The van der Waals surface area contributed by atoms with Crippen molar-refractivity contribution in [2.24, 2.45) is 0 Å². The molecule has 0 aliphatic heterocycles. The van der Waals surface area contributed by atoms with Gasteiger partial charge in [0, 0.05) is 30.4 Å². The summed E-state index contributed by atoms with van der Waals surface area (Å²) in [5.74, 6) is 1.28. The zero-order valence-corrected chi connectivity index (χ0v) is 19.1. The third kappa shape index (κ3) is 4.21. The van der Waals surface area contributed by atoms with Crippen LogP contribution >= 0.6 is 0 Å². The molecule has 0 amide bonds. The van der Waals surface area contributed by atoms with Gasteiger partial charge < -0.3 is 14.8 Å². The first-order chi connectivity index (χ1) is 15.5. The molecular weight excluding hydrogens is 404 g/mol. The van der Waals surface area contributed by atoms with E-state index < -0.39 is 0 Å². The van der Waals surface area contributed by atoms with E-state index in [-0.39, 0.29) is 6.04 Å². The molecule has 0 saturated heterocycles. The summed E-state index contributed by atoms with van der Waals surface area (Å²) in [5, 5.41) is 8.24. The van der Waals surface area contributed by atoms with Gasteiger partial charge in [0.25, 0.3) is 0 Å². The molecule has 0 aliphatic carbocycles. The van der Waals surface area contributed by atoms with Gasteiger partial charge in [0.05, 0.1) is 54.3 Å². The van der Waals surface area contributed by atoms with E-state index in [2.05, 4.69) is 35.2 Å². The van der Waals surface area contributed by atoms with Crippen LogP contribution in [0.4, 0.5) is 5.69 Å². The van der Waals surface area contributed by atoms with Crippen LogP contribution in [0.5, 0.6) is 11.6 Å². The lowest BCUT2D eigenvalue weighted by Gasteiger charge is -2.15. The van der Waals surface area contributed by atoms with E-state index in [0.717, 1.165) is 39.2 Å². The number of pyridine rings is 3. The minimum atomic E-state index is 0.202. The first-order valence-corrected chi connectivity index (χ1v) is 10.7. The van der Waals surface area contributed by atoms with Gasteiger partial charge in [0.1, 0.15) is 11.3 Å². The summed E-state index contributed by atoms with van der Waals surface area (Å²) in [6.07, 6.45) is 5.19. The zero-order chi connectivity index (χ0) is 22.7. The number of fused-ring (bicyclic) bond motifs is 1. The van der Waals surface area contributed by atoms with Gasteiger partial charge in [-0.1, -0.05) is 0 Å². The van der Waals surface area contributed by atoms with Gasteiger partial charge >= 0.3 is 0 Å². The summed E-state index contributed by atoms with van der Waals surface area (Å²) < 4.78 is 13.1. The summed E-state index contributed by atoms with van der Waals surface area (Å²) in [6, 6.07) is 8.09. The highest BCUT2D eigenvalue weighted by Crippen LogP contribution is 2.32. The maximum atomic E-state index is 5.76. The van der Waals surface area contributed by atoms with Gasteiger partial charge in [-0.2, -0.15) is 5.10 Å². The molecule has 4 rings (SSSR count). The summed E-state index contributed by atoms with van der Waals surface area (Å²) in [5.41, 5.74) is 6.41. The Kier molecular flexibility index (Phi) is 6.20. The van der Waals surface area contributed by atoms with E-state index in [9.17, 15) is 0 Å². The lowest BCUT2D eigenvalue weighted by molar-refractivity contribution is 0.328. The van der Waals surface area contributed by atoms with Crippen molar-refractivity contribution in [3.8, 4) is 22.9 Å². The Balaban J connectivity index is 1.83. The van der Waals surface area contributed by atoms with E-state index in [1.807, 2.05) is 36.7 Å². The molecule has 1 N–H and O–H groups in total. The van der Waals surface area contributed by atoms with E-state index in [1.165, 1.54) is 0 Å². The Hall–Kier alpha value is -3.68. The minimum Gasteiger partial charge on any atom is -0.495 e. The molecule has 4 aromatic rings. The molecule has 8 nitrogen and oxygen atoms in total. The van der Waals surface area contributed by atoms with Gasteiger partial charge in [-0.05, 0) is 45.9 Å². The van der Waals surface area contributed by atoms with Gasteiger partial charge in [-0.25, -0.2) is 9.97 Å². The van der Waals surface area contributed by atoms with Crippen LogP contribution in [0.25, 0.3) is 22.3 Å². The third-order valence-electron chi connectivity index (χ3n) is 5.15. The highest BCUT2D eigenvalue weighted by atomic mass is 16.5. The molecule has 0 radical (unpaired) electrons. The number of hydrogen-bond acceptors (Lipinski definition) is 7. The van der Waals surface area contributed by atoms with E-state index in [4.69, 9.17) is 19.6 Å².